The van der Waals surface area contributed by atoms with Gasteiger partial charge in [-0.25, -0.2) is 0 Å². The van der Waals surface area contributed by atoms with Crippen LogP contribution in [0.5, 0.6) is 5.75 Å². The summed E-state index contributed by atoms with van der Waals surface area (Å²) in [6, 6.07) is 45.7. The number of hydrogen-bond acceptors (Lipinski definition) is 6. The van der Waals surface area contributed by atoms with Crippen molar-refractivity contribution < 1.29 is 25.5 Å². The summed E-state index contributed by atoms with van der Waals surface area (Å²) in [4.78, 5) is 0. The van der Waals surface area contributed by atoms with E-state index in [4.69, 9.17) is 25.5 Å². The van der Waals surface area contributed by atoms with Crippen LogP contribution in [0.1, 0.15) is 24.2 Å². The van der Waals surface area contributed by atoms with Gasteiger partial charge < -0.3 is 25.5 Å². The molecule has 0 bridgehead atoms. The van der Waals surface area contributed by atoms with Crippen molar-refractivity contribution in [1.29, 1.82) is 0 Å². The molecule has 9 aromatic rings. The van der Waals surface area contributed by atoms with Gasteiger partial charge in [-0.3, -0.25) is 0 Å². The Hall–Kier alpha value is -5.94. The van der Waals surface area contributed by atoms with Crippen LogP contribution in [-0.4, -0.2) is 8.32 Å². The van der Waals surface area contributed by atoms with E-state index >= 15 is 0 Å². The minimum absolute atomic E-state index is 0.0631. The summed E-state index contributed by atoms with van der Waals surface area (Å²) in [6.07, 6.45) is 13.1. The summed E-state index contributed by atoms with van der Waals surface area (Å²) in [5.74, 6) is 1.48. The second-order valence-corrected chi connectivity index (χ2v) is 21.8. The molecule has 3 atom stereocenters. The molecule has 3 unspecified atom stereocenters. The van der Waals surface area contributed by atoms with E-state index in [1.807, 2.05) is 30.3 Å². The summed E-state index contributed by atoms with van der Waals surface area (Å²) in [7, 11) is -6.66. The fourth-order valence-electron chi connectivity index (χ4n) is 8.74. The van der Waals surface area contributed by atoms with Crippen molar-refractivity contribution in [1.82, 2.24) is 0 Å². The lowest BCUT2D eigenvalue weighted by atomic mass is 9.67. The average molecular weight is 813 g/mol. The maximum absolute atomic E-state index is 7.09. The van der Waals surface area contributed by atoms with Gasteiger partial charge >= 0.3 is 16.5 Å². The van der Waals surface area contributed by atoms with E-state index < -0.39 is 24.8 Å². The highest BCUT2D eigenvalue weighted by atomic mass is 31.1. The monoisotopic (exact) mass is 812 g/mol. The molecule has 0 saturated heterocycles. The van der Waals surface area contributed by atoms with E-state index in [9.17, 15) is 0 Å². The van der Waals surface area contributed by atoms with E-state index in [1.54, 1.807) is 0 Å². The van der Waals surface area contributed by atoms with Crippen LogP contribution in [-0.2, 0) is 0 Å². The predicted molar refractivity (Wildman–Crippen MR) is 242 cm³/mol. The predicted octanol–water partition coefficient (Wildman–Crippen LogP) is 14.8. The summed E-state index contributed by atoms with van der Waals surface area (Å²) in [5, 5.41) is 10.7. The fraction of sp³-hybridized carbons (Fsp3) is 0.102. The summed E-state index contributed by atoms with van der Waals surface area (Å²) >= 11 is 0. The Labute approximate surface area is 337 Å². The van der Waals surface area contributed by atoms with Gasteiger partial charge in [0.15, 0.2) is 0 Å². The van der Waals surface area contributed by atoms with E-state index in [0.717, 1.165) is 70.6 Å². The third-order valence-electron chi connectivity index (χ3n) is 11.6. The molecule has 58 heavy (non-hydrogen) atoms. The largest absolute Gasteiger partial charge is 0.453 e. The van der Waals surface area contributed by atoms with Crippen LogP contribution in [0.25, 0.3) is 71.3 Å². The number of rotatable bonds is 5. The highest BCUT2D eigenvalue weighted by molar-refractivity contribution is 7.35. The maximum Gasteiger partial charge on any atom is 0.453 e. The molecule has 6 nitrogen and oxygen atoms in total. The van der Waals surface area contributed by atoms with Crippen LogP contribution in [0.15, 0.2) is 181 Å². The Morgan fingerprint density at radius 2 is 1.09 bits per heavy atom. The first-order chi connectivity index (χ1) is 28.3. The Morgan fingerprint density at radius 3 is 1.72 bits per heavy atom. The second kappa shape index (κ2) is 13.6. The molecule has 2 aromatic heterocycles. The zero-order valence-electron chi connectivity index (χ0n) is 32.1. The molecule has 7 aromatic carbocycles. The van der Waals surface area contributed by atoms with Crippen molar-refractivity contribution in [3.8, 4) is 5.75 Å². The van der Waals surface area contributed by atoms with Crippen molar-refractivity contribution >= 4 is 101 Å². The van der Waals surface area contributed by atoms with Crippen LogP contribution in [0.2, 0.25) is 13.1 Å². The summed E-state index contributed by atoms with van der Waals surface area (Å²) in [5.41, 5.74) is 3.09. The molecule has 284 valence electrons. The van der Waals surface area contributed by atoms with Crippen molar-refractivity contribution in [3.05, 3.63) is 175 Å². The van der Waals surface area contributed by atoms with Gasteiger partial charge in [-0.1, -0.05) is 146 Å². The molecule has 0 fully saturated rings. The number of benzene rings is 7. The van der Waals surface area contributed by atoms with Crippen LogP contribution in [0.3, 0.4) is 0 Å². The lowest BCUT2D eigenvalue weighted by Crippen LogP contribution is -2.47. The first-order valence-electron chi connectivity index (χ1n) is 19.5. The van der Waals surface area contributed by atoms with Crippen molar-refractivity contribution in [2.45, 2.75) is 25.9 Å². The quantitative estimate of drug-likeness (QED) is 0.161. The van der Waals surface area contributed by atoms with E-state index in [1.165, 1.54) is 0 Å². The minimum Gasteiger partial charge on any atom is -0.400 e. The molecule has 2 heterocycles. The van der Waals surface area contributed by atoms with Crippen molar-refractivity contribution in [3.63, 3.8) is 0 Å². The zero-order chi connectivity index (χ0) is 39.0. The van der Waals surface area contributed by atoms with Gasteiger partial charge in [-0.05, 0) is 75.8 Å². The third kappa shape index (κ3) is 5.80. The van der Waals surface area contributed by atoms with Gasteiger partial charge in [0, 0.05) is 38.2 Å². The van der Waals surface area contributed by atoms with Gasteiger partial charge in [0.1, 0.15) is 28.3 Å². The number of para-hydroxylation sites is 1. The SMILES string of the molecule is CC12C=CC=CC1c1c(op(O[Si](C)(C)c3ccccc3Op3oc4ccc5ccccc5c4c4c(ccc5ccccc54)o3)oc3ccc4ccccc4c13)C=C2. The third-order valence-corrected chi connectivity index (χ3v) is 17.5. The molecule has 2 aliphatic carbocycles. The molecule has 11 rings (SSSR count). The minimum atomic E-state index is -2.85. The highest BCUT2D eigenvalue weighted by Gasteiger charge is 2.38. The van der Waals surface area contributed by atoms with Gasteiger partial charge in [-0.2, -0.15) is 0 Å². The normalized spacial score (nSPS) is 17.6. The average Bonchev–Trinajstić information content (AvgIpc) is 3.51. The molecule has 0 spiro atoms. The number of fused-ring (bicyclic) bond motifs is 14. The van der Waals surface area contributed by atoms with Crippen LogP contribution >= 0.6 is 16.5 Å². The highest BCUT2D eigenvalue weighted by Crippen LogP contribution is 2.51. The summed E-state index contributed by atoms with van der Waals surface area (Å²) < 4.78 is 41.1. The zero-order valence-corrected chi connectivity index (χ0v) is 34.9. The van der Waals surface area contributed by atoms with E-state index in [0.29, 0.717) is 16.9 Å². The fourth-order valence-corrected chi connectivity index (χ4v) is 14.0. The standard InChI is InChI=1S/C49H38O6P2Si/c1-49-30-13-12-20-38(49)48-43(29-31-49)54-57(53-42-28-25-34-16-6-9-19-37(34)47(42)48)55-58(2,3)44-22-11-10-21-39(44)50-56-51-40-26-23-32-14-4-7-17-35(32)45(40)46-36-18-8-5-15-33(36)24-27-41(46)52-56/h4-31,38H,1-3H3. The lowest BCUT2D eigenvalue weighted by Gasteiger charge is -2.36. The molecule has 0 radical (unpaired) electrons. The second-order valence-electron chi connectivity index (χ2n) is 15.7. The number of hydrogen-bond donors (Lipinski definition) is 0. The first-order valence-corrected chi connectivity index (χ1v) is 24.6. The molecule has 0 saturated carbocycles. The molecule has 0 amide bonds. The molecule has 2 aliphatic rings. The van der Waals surface area contributed by atoms with Crippen LogP contribution in [0, 0.1) is 5.41 Å². The topological polar surface area (TPSA) is 71.0 Å². The lowest BCUT2D eigenvalue weighted by molar-refractivity contribution is 0.460. The Bertz CT molecular complexity index is 3230. The van der Waals surface area contributed by atoms with Crippen LogP contribution < -0.4 is 13.9 Å². The Kier molecular flexibility index (Phi) is 8.25. The summed E-state index contributed by atoms with van der Waals surface area (Å²) in [6.45, 7) is 6.57. The van der Waals surface area contributed by atoms with Crippen molar-refractivity contribution in [2.75, 3.05) is 0 Å². The molecular formula is C49H38O6P2Si. The van der Waals surface area contributed by atoms with Crippen LogP contribution in [0.4, 0.5) is 0 Å². The van der Waals surface area contributed by atoms with Gasteiger partial charge in [0.05, 0.1) is 0 Å². The van der Waals surface area contributed by atoms with Gasteiger partial charge in [0.2, 0.25) is 8.32 Å². The van der Waals surface area contributed by atoms with Crippen molar-refractivity contribution in [2.24, 2.45) is 5.41 Å². The maximum atomic E-state index is 7.09. The molecule has 0 N–H and O–H groups in total. The van der Waals surface area contributed by atoms with E-state index in [2.05, 4.69) is 160 Å². The smallest absolute Gasteiger partial charge is 0.400 e. The van der Waals surface area contributed by atoms with E-state index in [-0.39, 0.29) is 11.3 Å². The Morgan fingerprint density at radius 1 is 0.552 bits per heavy atom. The van der Waals surface area contributed by atoms with Gasteiger partial charge in [-0.15, -0.1) is 0 Å². The molecule has 0 aliphatic heterocycles. The number of allylic oxidation sites excluding steroid dienone is 5. The molecule has 9 heteroatoms. The van der Waals surface area contributed by atoms with Gasteiger partial charge in [0.25, 0.3) is 0 Å². The first kappa shape index (κ1) is 35.2. The molecular weight excluding hydrogens is 775 g/mol. The Balaban J connectivity index is 1.05.